The number of hydrogen-bond donors (Lipinski definition) is 1. The van der Waals surface area contributed by atoms with Crippen LogP contribution in [-0.4, -0.2) is 49.2 Å². The molecule has 1 amide bonds. The molecule has 10 nitrogen and oxygen atoms in total. The molecule has 0 bridgehead atoms. The van der Waals surface area contributed by atoms with Crippen LogP contribution in [0.1, 0.15) is 28.3 Å². The number of ether oxygens (including phenoxy) is 2. The van der Waals surface area contributed by atoms with Crippen LogP contribution in [-0.2, 0) is 6.54 Å². The molecule has 5 heterocycles. The Hall–Kier alpha value is -4.28. The molecule has 0 fully saturated rings. The van der Waals surface area contributed by atoms with Crippen LogP contribution < -0.4 is 14.4 Å². The Morgan fingerprint density at radius 1 is 1.12 bits per heavy atom. The zero-order chi connectivity index (χ0) is 23.6. The topological polar surface area (TPSA) is 115 Å². The summed E-state index contributed by atoms with van der Waals surface area (Å²) in [5.74, 6) is 0.274. The van der Waals surface area contributed by atoms with Crippen LogP contribution in [0, 0.1) is 19.7 Å². The third-order valence-electron chi connectivity index (χ3n) is 6.23. The smallest absolute Gasteiger partial charge is 0.413 e. The first-order valence-electron chi connectivity index (χ1n) is 10.7. The van der Waals surface area contributed by atoms with Crippen molar-refractivity contribution < 1.29 is 23.8 Å². The molecule has 3 aromatic heterocycles. The van der Waals surface area contributed by atoms with Gasteiger partial charge in [0.1, 0.15) is 17.9 Å². The van der Waals surface area contributed by atoms with E-state index in [-0.39, 0.29) is 36.2 Å². The minimum Gasteiger partial charge on any atom is -0.493 e. The Balaban J connectivity index is 1.61. The van der Waals surface area contributed by atoms with Crippen LogP contribution in [0.4, 0.5) is 15.0 Å². The summed E-state index contributed by atoms with van der Waals surface area (Å²) in [5.41, 5.74) is 4.11. The molecule has 1 atom stereocenters. The Morgan fingerprint density at radius 3 is 2.68 bits per heavy atom. The van der Waals surface area contributed by atoms with E-state index in [1.807, 2.05) is 19.9 Å². The van der Waals surface area contributed by atoms with Crippen LogP contribution in [0.25, 0.3) is 16.9 Å². The highest BCUT2D eigenvalue weighted by atomic mass is 19.1. The van der Waals surface area contributed by atoms with Crippen molar-refractivity contribution in [2.45, 2.75) is 26.3 Å². The number of pyridine rings is 1. The second kappa shape index (κ2) is 7.37. The highest BCUT2D eigenvalue weighted by Crippen LogP contribution is 2.43. The Labute approximate surface area is 192 Å². The number of benzene rings is 1. The fourth-order valence-electron chi connectivity index (χ4n) is 4.72. The number of nitrogens with zero attached hydrogens (tertiary/aromatic N) is 6. The van der Waals surface area contributed by atoms with Crippen molar-refractivity contribution in [3.63, 3.8) is 0 Å². The van der Waals surface area contributed by atoms with Gasteiger partial charge >= 0.3 is 6.09 Å². The lowest BCUT2D eigenvalue weighted by atomic mass is 9.95. The number of fused-ring (bicyclic) bond motifs is 3. The van der Waals surface area contributed by atoms with Gasteiger partial charge in [-0.15, -0.1) is 15.3 Å². The molecule has 0 radical (unpaired) electrons. The van der Waals surface area contributed by atoms with Crippen molar-refractivity contribution in [1.29, 1.82) is 0 Å². The van der Waals surface area contributed by atoms with E-state index in [1.165, 1.54) is 16.8 Å². The fourth-order valence-corrected chi connectivity index (χ4v) is 4.72. The SMILES string of the molecule is Cc1cc(C)c(-c2cc3c(n4cnnc24)N(C(=O)O)Cc2c(F)ccc4c2[C@@H](CO4)CO3)nn1. The molecule has 4 aromatic rings. The summed E-state index contributed by atoms with van der Waals surface area (Å²) >= 11 is 0. The molecule has 0 spiro atoms. The number of hydrogen-bond acceptors (Lipinski definition) is 7. The lowest BCUT2D eigenvalue weighted by Gasteiger charge is -2.23. The average molecular weight is 462 g/mol. The number of carbonyl (C=O) groups is 1. The normalized spacial score (nSPS) is 16.7. The molecular weight excluding hydrogens is 443 g/mol. The second-order valence-corrected chi connectivity index (χ2v) is 8.41. The van der Waals surface area contributed by atoms with Gasteiger partial charge < -0.3 is 14.6 Å². The number of carboxylic acid groups (broad SMARTS) is 1. The number of aromatic nitrogens is 5. The van der Waals surface area contributed by atoms with E-state index in [0.717, 1.165) is 16.2 Å². The zero-order valence-corrected chi connectivity index (χ0v) is 18.3. The summed E-state index contributed by atoms with van der Waals surface area (Å²) in [7, 11) is 0. The van der Waals surface area contributed by atoms with Gasteiger partial charge in [0.15, 0.2) is 17.2 Å². The van der Waals surface area contributed by atoms with Crippen LogP contribution in [0.3, 0.4) is 0 Å². The van der Waals surface area contributed by atoms with Crippen LogP contribution in [0.2, 0.25) is 0 Å². The largest absolute Gasteiger partial charge is 0.493 e. The first-order chi connectivity index (χ1) is 16.4. The maximum atomic E-state index is 15.0. The van der Waals surface area contributed by atoms with E-state index >= 15 is 0 Å². The molecule has 2 aliphatic rings. The second-order valence-electron chi connectivity index (χ2n) is 8.41. The van der Waals surface area contributed by atoms with Gasteiger partial charge in [-0.1, -0.05) is 0 Å². The van der Waals surface area contributed by atoms with E-state index in [0.29, 0.717) is 34.8 Å². The van der Waals surface area contributed by atoms with E-state index in [2.05, 4.69) is 20.4 Å². The molecule has 11 heteroatoms. The zero-order valence-electron chi connectivity index (χ0n) is 18.3. The third-order valence-corrected chi connectivity index (χ3v) is 6.23. The van der Waals surface area contributed by atoms with Crippen LogP contribution in [0.15, 0.2) is 30.6 Å². The van der Waals surface area contributed by atoms with Crippen molar-refractivity contribution in [2.75, 3.05) is 18.1 Å². The highest BCUT2D eigenvalue weighted by molar-refractivity contribution is 5.90. The molecule has 0 aliphatic carbocycles. The molecule has 0 unspecified atom stereocenters. The van der Waals surface area contributed by atoms with Gasteiger partial charge in [-0.25, -0.2) is 9.18 Å². The predicted octanol–water partition coefficient (Wildman–Crippen LogP) is 3.50. The van der Waals surface area contributed by atoms with Crippen molar-refractivity contribution in [2.24, 2.45) is 0 Å². The van der Waals surface area contributed by atoms with Crippen molar-refractivity contribution in [1.82, 2.24) is 24.8 Å². The van der Waals surface area contributed by atoms with Crippen molar-refractivity contribution in [3.8, 4) is 22.8 Å². The summed E-state index contributed by atoms with van der Waals surface area (Å²) in [6, 6.07) is 6.47. The predicted molar refractivity (Wildman–Crippen MR) is 118 cm³/mol. The van der Waals surface area contributed by atoms with Gasteiger partial charge in [-0.2, -0.15) is 5.10 Å². The monoisotopic (exact) mass is 462 g/mol. The van der Waals surface area contributed by atoms with Gasteiger partial charge in [0.05, 0.1) is 42.6 Å². The number of halogens is 1. The van der Waals surface area contributed by atoms with Gasteiger partial charge in [0.25, 0.3) is 0 Å². The Bertz CT molecular complexity index is 1490. The molecule has 1 N–H and O–H groups in total. The van der Waals surface area contributed by atoms with Crippen molar-refractivity contribution >= 4 is 17.6 Å². The van der Waals surface area contributed by atoms with E-state index in [1.54, 1.807) is 12.1 Å². The van der Waals surface area contributed by atoms with Gasteiger partial charge in [-0.05, 0) is 43.7 Å². The summed E-state index contributed by atoms with van der Waals surface area (Å²) in [6.07, 6.45) is 0.139. The first-order valence-corrected chi connectivity index (χ1v) is 10.7. The molecule has 34 heavy (non-hydrogen) atoms. The molecule has 0 saturated heterocycles. The number of anilines is 1. The highest BCUT2D eigenvalue weighted by Gasteiger charge is 2.35. The molecule has 6 rings (SSSR count). The van der Waals surface area contributed by atoms with E-state index in [9.17, 15) is 14.3 Å². The first kappa shape index (κ1) is 20.3. The minimum atomic E-state index is -1.27. The molecule has 172 valence electrons. The lowest BCUT2D eigenvalue weighted by Crippen LogP contribution is -2.31. The maximum absolute atomic E-state index is 15.0. The molecular formula is C23H19FN6O4. The van der Waals surface area contributed by atoms with Crippen LogP contribution in [0.5, 0.6) is 11.5 Å². The Morgan fingerprint density at radius 2 is 1.91 bits per heavy atom. The minimum absolute atomic E-state index is 0.176. The molecule has 2 aliphatic heterocycles. The van der Waals surface area contributed by atoms with Crippen LogP contribution >= 0.6 is 0 Å². The molecule has 0 saturated carbocycles. The fraction of sp³-hybridized carbons (Fsp3) is 0.261. The lowest BCUT2D eigenvalue weighted by molar-refractivity contribution is 0.200. The average Bonchev–Trinajstić information content (AvgIpc) is 3.45. The summed E-state index contributed by atoms with van der Waals surface area (Å²) in [4.78, 5) is 13.5. The van der Waals surface area contributed by atoms with Gasteiger partial charge in [0.2, 0.25) is 0 Å². The van der Waals surface area contributed by atoms with Gasteiger partial charge in [0, 0.05) is 11.1 Å². The third kappa shape index (κ3) is 2.96. The summed E-state index contributed by atoms with van der Waals surface area (Å²) in [6.45, 7) is 4.03. The number of amides is 1. The van der Waals surface area contributed by atoms with E-state index in [4.69, 9.17) is 9.47 Å². The summed E-state index contributed by atoms with van der Waals surface area (Å²) < 4.78 is 28.4. The number of aryl methyl sites for hydroxylation is 2. The van der Waals surface area contributed by atoms with Gasteiger partial charge in [-0.3, -0.25) is 9.30 Å². The molecule has 1 aromatic carbocycles. The standard InChI is InChI=1S/C23H19FN6O4/c1-11-5-12(2)26-27-20(11)14-6-18-22(30-10-25-28-21(14)30)29(23(31)32)7-15-16(24)3-4-17-19(15)13(8-33-17)9-34-18/h3-6,10,13H,7-9H2,1-2H3,(H,31,32)/t13-/m0/s1. The quantitative estimate of drug-likeness (QED) is 0.457. The summed E-state index contributed by atoms with van der Waals surface area (Å²) in [5, 5.41) is 26.9. The number of rotatable bonds is 1. The maximum Gasteiger partial charge on any atom is 0.413 e. The van der Waals surface area contributed by atoms with E-state index < -0.39 is 11.9 Å². The van der Waals surface area contributed by atoms with Crippen molar-refractivity contribution in [3.05, 3.63) is 58.8 Å². The Kier molecular flexibility index (Phi) is 4.41.